The second kappa shape index (κ2) is 5.71. The van der Waals surface area contributed by atoms with Gasteiger partial charge in [-0.3, -0.25) is 4.90 Å². The Hall–Kier alpha value is -0.120. The van der Waals surface area contributed by atoms with Gasteiger partial charge in [0, 0.05) is 25.2 Å². The molecular formula is C16H30N2O. The lowest BCUT2D eigenvalue weighted by Crippen LogP contribution is -2.53. The highest BCUT2D eigenvalue weighted by Gasteiger charge is 2.36. The fourth-order valence-electron chi connectivity index (χ4n) is 4.02. The molecule has 0 aromatic carbocycles. The summed E-state index contributed by atoms with van der Waals surface area (Å²) in [5, 5.41) is 10.2. The molecule has 3 aliphatic rings. The van der Waals surface area contributed by atoms with Crippen LogP contribution in [0.4, 0.5) is 0 Å². The van der Waals surface area contributed by atoms with E-state index in [-0.39, 0.29) is 6.10 Å². The normalized spacial score (nSPS) is 36.8. The zero-order chi connectivity index (χ0) is 13.4. The van der Waals surface area contributed by atoms with Crippen LogP contribution in [0.2, 0.25) is 0 Å². The fraction of sp³-hybridized carbons (Fsp3) is 1.00. The van der Waals surface area contributed by atoms with Crippen molar-refractivity contribution in [2.75, 3.05) is 13.1 Å². The quantitative estimate of drug-likeness (QED) is 0.800. The highest BCUT2D eigenvalue weighted by Crippen LogP contribution is 2.38. The maximum atomic E-state index is 10.2. The van der Waals surface area contributed by atoms with Crippen LogP contribution in [-0.4, -0.2) is 41.3 Å². The molecule has 3 nitrogen and oxygen atoms in total. The fourth-order valence-corrected chi connectivity index (χ4v) is 4.02. The predicted octanol–water partition coefficient (Wildman–Crippen LogP) is 1.99. The highest BCUT2D eigenvalue weighted by atomic mass is 16.3. The van der Waals surface area contributed by atoms with Crippen molar-refractivity contribution in [1.82, 2.24) is 4.90 Å². The number of aliphatic hydroxyl groups is 1. The summed E-state index contributed by atoms with van der Waals surface area (Å²) >= 11 is 0. The Morgan fingerprint density at radius 3 is 2.47 bits per heavy atom. The Balaban J connectivity index is 1.53. The largest absolute Gasteiger partial charge is 0.393 e. The third-order valence-corrected chi connectivity index (χ3v) is 5.75. The van der Waals surface area contributed by atoms with Crippen molar-refractivity contribution in [2.24, 2.45) is 23.5 Å². The highest BCUT2D eigenvalue weighted by molar-refractivity contribution is 4.91. The molecule has 0 radical (unpaired) electrons. The van der Waals surface area contributed by atoms with Crippen molar-refractivity contribution in [3.8, 4) is 0 Å². The first-order chi connectivity index (χ1) is 9.13. The number of nitrogens with zero attached hydrogens (tertiary/aromatic N) is 1. The smallest absolute Gasteiger partial charge is 0.0571 e. The zero-order valence-electron chi connectivity index (χ0n) is 12.3. The number of aliphatic hydroxyl groups excluding tert-OH is 1. The number of hydrogen-bond donors (Lipinski definition) is 2. The summed E-state index contributed by atoms with van der Waals surface area (Å²) in [7, 11) is 0. The van der Waals surface area contributed by atoms with Crippen molar-refractivity contribution in [3.63, 3.8) is 0 Å². The van der Waals surface area contributed by atoms with E-state index in [4.69, 9.17) is 5.73 Å². The van der Waals surface area contributed by atoms with Gasteiger partial charge in [-0.05, 0) is 63.2 Å². The molecule has 3 N–H and O–H groups in total. The van der Waals surface area contributed by atoms with E-state index in [0.717, 1.165) is 31.8 Å². The van der Waals surface area contributed by atoms with E-state index in [1.54, 1.807) is 0 Å². The minimum Gasteiger partial charge on any atom is -0.393 e. The van der Waals surface area contributed by atoms with Gasteiger partial charge in [0.1, 0.15) is 0 Å². The van der Waals surface area contributed by atoms with Gasteiger partial charge in [0.15, 0.2) is 0 Å². The van der Waals surface area contributed by atoms with Gasteiger partial charge in [-0.1, -0.05) is 6.42 Å². The molecule has 1 aliphatic heterocycles. The number of likely N-dealkylation sites (tertiary alicyclic amines) is 1. The molecule has 3 fully saturated rings. The summed E-state index contributed by atoms with van der Waals surface area (Å²) in [6, 6.07) is 1.01. The van der Waals surface area contributed by atoms with Crippen LogP contribution in [0.15, 0.2) is 0 Å². The van der Waals surface area contributed by atoms with E-state index < -0.39 is 0 Å². The maximum Gasteiger partial charge on any atom is 0.0571 e. The first kappa shape index (κ1) is 13.8. The Morgan fingerprint density at radius 2 is 1.89 bits per heavy atom. The van der Waals surface area contributed by atoms with Gasteiger partial charge in [-0.2, -0.15) is 0 Å². The number of rotatable bonds is 5. The van der Waals surface area contributed by atoms with Crippen molar-refractivity contribution in [1.29, 1.82) is 0 Å². The molecule has 1 saturated heterocycles. The summed E-state index contributed by atoms with van der Waals surface area (Å²) in [6.45, 7) is 4.61. The molecule has 0 aromatic heterocycles. The van der Waals surface area contributed by atoms with Gasteiger partial charge in [0.25, 0.3) is 0 Å². The van der Waals surface area contributed by atoms with E-state index in [0.29, 0.717) is 23.9 Å². The zero-order valence-corrected chi connectivity index (χ0v) is 12.3. The maximum absolute atomic E-state index is 10.2. The summed E-state index contributed by atoms with van der Waals surface area (Å²) in [4.78, 5) is 2.61. The summed E-state index contributed by atoms with van der Waals surface area (Å²) in [5.74, 6) is 2.12. The molecule has 4 atom stereocenters. The summed E-state index contributed by atoms with van der Waals surface area (Å²) in [6.07, 6.45) is 8.73. The Kier molecular flexibility index (Phi) is 4.16. The second-order valence-corrected chi connectivity index (χ2v) is 7.39. The molecule has 0 amide bonds. The Labute approximate surface area is 117 Å². The lowest BCUT2D eigenvalue weighted by Gasteiger charge is -2.45. The molecule has 3 heteroatoms. The number of piperidine rings is 1. The van der Waals surface area contributed by atoms with Gasteiger partial charge >= 0.3 is 0 Å². The van der Waals surface area contributed by atoms with E-state index >= 15 is 0 Å². The Bertz CT molecular complexity index is 301. The van der Waals surface area contributed by atoms with Gasteiger partial charge in [-0.15, -0.1) is 0 Å². The first-order valence-corrected chi connectivity index (χ1v) is 8.31. The molecule has 19 heavy (non-hydrogen) atoms. The lowest BCUT2D eigenvalue weighted by molar-refractivity contribution is 0.0360. The second-order valence-electron chi connectivity index (χ2n) is 7.39. The molecule has 4 unspecified atom stereocenters. The predicted molar refractivity (Wildman–Crippen MR) is 77.8 cm³/mol. The van der Waals surface area contributed by atoms with Crippen LogP contribution >= 0.6 is 0 Å². The molecule has 2 aliphatic carbocycles. The third kappa shape index (κ3) is 3.32. The van der Waals surface area contributed by atoms with Crippen LogP contribution in [0.1, 0.15) is 51.9 Å². The van der Waals surface area contributed by atoms with Crippen LogP contribution in [0, 0.1) is 17.8 Å². The standard InChI is InChI=1S/C16H30N2O/c1-11(13-3-2-4-13)18-9-12(7-15(17)10-18)8-16(19)14-5-6-14/h11-16,19H,2-10,17H2,1H3. The van der Waals surface area contributed by atoms with E-state index in [1.807, 2.05) is 0 Å². The average Bonchev–Trinajstić information content (AvgIpc) is 3.09. The van der Waals surface area contributed by atoms with Gasteiger partial charge in [-0.25, -0.2) is 0 Å². The SMILES string of the molecule is CC(C1CCC1)N1CC(N)CC(CC(O)C2CC2)C1. The third-order valence-electron chi connectivity index (χ3n) is 5.75. The molecular weight excluding hydrogens is 236 g/mol. The van der Waals surface area contributed by atoms with Crippen LogP contribution < -0.4 is 5.73 Å². The molecule has 0 bridgehead atoms. The van der Waals surface area contributed by atoms with Crippen molar-refractivity contribution >= 4 is 0 Å². The van der Waals surface area contributed by atoms with Gasteiger partial charge in [0.05, 0.1) is 6.10 Å². The number of nitrogens with two attached hydrogens (primary N) is 1. The summed E-state index contributed by atoms with van der Waals surface area (Å²) < 4.78 is 0. The summed E-state index contributed by atoms with van der Waals surface area (Å²) in [5.41, 5.74) is 6.26. The molecule has 1 heterocycles. The molecule has 3 rings (SSSR count). The number of hydrogen-bond acceptors (Lipinski definition) is 3. The van der Waals surface area contributed by atoms with Gasteiger partial charge < -0.3 is 10.8 Å². The van der Waals surface area contributed by atoms with Crippen LogP contribution in [0.5, 0.6) is 0 Å². The van der Waals surface area contributed by atoms with Crippen molar-refractivity contribution < 1.29 is 5.11 Å². The first-order valence-electron chi connectivity index (χ1n) is 8.31. The molecule has 0 spiro atoms. The van der Waals surface area contributed by atoms with Crippen LogP contribution in [0.25, 0.3) is 0 Å². The van der Waals surface area contributed by atoms with Crippen molar-refractivity contribution in [2.45, 2.75) is 70.1 Å². The topological polar surface area (TPSA) is 49.5 Å². The monoisotopic (exact) mass is 266 g/mol. The van der Waals surface area contributed by atoms with E-state index in [1.165, 1.54) is 32.1 Å². The Morgan fingerprint density at radius 1 is 1.16 bits per heavy atom. The van der Waals surface area contributed by atoms with E-state index in [2.05, 4.69) is 11.8 Å². The molecule has 2 saturated carbocycles. The molecule has 0 aromatic rings. The average molecular weight is 266 g/mol. The van der Waals surface area contributed by atoms with Crippen molar-refractivity contribution in [3.05, 3.63) is 0 Å². The van der Waals surface area contributed by atoms with Crippen LogP contribution in [-0.2, 0) is 0 Å². The van der Waals surface area contributed by atoms with E-state index in [9.17, 15) is 5.11 Å². The minimum atomic E-state index is -0.0591. The minimum absolute atomic E-state index is 0.0591. The molecule has 110 valence electrons. The van der Waals surface area contributed by atoms with Gasteiger partial charge in [0.2, 0.25) is 0 Å². The van der Waals surface area contributed by atoms with Crippen LogP contribution in [0.3, 0.4) is 0 Å². The lowest BCUT2D eigenvalue weighted by atomic mass is 9.78.